The van der Waals surface area contributed by atoms with E-state index < -0.39 is 10.8 Å². The Morgan fingerprint density at radius 3 is 1.36 bits per heavy atom. The van der Waals surface area contributed by atoms with Gasteiger partial charge in [0.2, 0.25) is 0 Å². The lowest BCUT2D eigenvalue weighted by Crippen LogP contribution is -2.32. The Hall–Kier alpha value is -9.74. The molecule has 2 aliphatic carbocycles. The number of thiophene rings is 1. The number of hydrogen-bond acceptors (Lipinski definition) is 4. The average molecular weight is 1010 g/mol. The maximum Gasteiger partial charge on any atom is 0.132 e. The van der Waals surface area contributed by atoms with Crippen LogP contribution in [-0.2, 0) is 10.8 Å². The van der Waals surface area contributed by atoms with Gasteiger partial charge in [-0.3, -0.25) is 0 Å². The Bertz CT molecular complexity index is 4550. The summed E-state index contributed by atoms with van der Waals surface area (Å²) in [6.45, 7) is 0. The average Bonchev–Trinajstić information content (AvgIpc) is 4.05. The van der Waals surface area contributed by atoms with Gasteiger partial charge in [0, 0.05) is 59.4 Å². The number of rotatable bonds is 5. The molecule has 17 rings (SSSR count). The minimum Gasteiger partial charge on any atom is -0.457 e. The Morgan fingerprint density at radius 1 is 0.295 bits per heavy atom. The molecule has 3 nitrogen and oxygen atoms in total. The quantitative estimate of drug-likeness (QED) is 0.171. The second-order valence-electron chi connectivity index (χ2n) is 20.9. The van der Waals surface area contributed by atoms with E-state index in [1.54, 1.807) is 0 Å². The summed E-state index contributed by atoms with van der Waals surface area (Å²) in [5, 5.41) is 2.61. The van der Waals surface area contributed by atoms with E-state index in [9.17, 15) is 0 Å². The molecule has 0 saturated heterocycles. The van der Waals surface area contributed by atoms with E-state index >= 15 is 0 Å². The first kappa shape index (κ1) is 43.5. The maximum absolute atomic E-state index is 6.74. The minimum absolute atomic E-state index is 0.512. The van der Waals surface area contributed by atoms with Crippen molar-refractivity contribution < 1.29 is 9.47 Å². The molecular weight excluding hydrogens is 967 g/mol. The molecule has 12 aromatic carbocycles. The molecule has 364 valence electrons. The van der Waals surface area contributed by atoms with Crippen LogP contribution in [0, 0.1) is 0 Å². The van der Waals surface area contributed by atoms with Crippen molar-refractivity contribution in [1.29, 1.82) is 0 Å². The number of ether oxygens (including phenoxy) is 2. The number of benzene rings is 12. The van der Waals surface area contributed by atoms with Gasteiger partial charge in [-0.2, -0.15) is 0 Å². The molecule has 0 fully saturated rings. The van der Waals surface area contributed by atoms with Crippen molar-refractivity contribution in [3.8, 4) is 67.5 Å². The van der Waals surface area contributed by atoms with Gasteiger partial charge < -0.3 is 14.4 Å². The van der Waals surface area contributed by atoms with Gasteiger partial charge in [-0.15, -0.1) is 11.3 Å². The standard InChI is InChI=1S/C74H45NO2S/c1-4-21-56-52(17-1)55-45-48(39-44-58(55)73(56)59-23-6-10-29-65(59)76-66-30-11-7-24-60(66)73)46-35-40-49(41-36-46)75(50-42-37-47(38-43-50)51-20-15-34-70-71(51)54-19-3-14-33-69(54)78-70)64-28-16-27-63-72(64)53-18-2-5-22-57(53)74(63)61-25-8-12-31-67(61)77-68-32-13-9-26-62(68)74/h1-45H. The summed E-state index contributed by atoms with van der Waals surface area (Å²) in [5.74, 6) is 3.56. The molecule has 0 amide bonds. The molecule has 0 bridgehead atoms. The molecule has 2 aliphatic heterocycles. The van der Waals surface area contributed by atoms with Crippen molar-refractivity contribution in [3.05, 3.63) is 317 Å². The topological polar surface area (TPSA) is 21.7 Å². The molecule has 13 aromatic rings. The maximum atomic E-state index is 6.74. The molecule has 3 heterocycles. The molecule has 4 aliphatic rings. The smallest absolute Gasteiger partial charge is 0.132 e. The van der Waals surface area contributed by atoms with E-state index in [2.05, 4.69) is 278 Å². The molecule has 0 N–H and O–H groups in total. The first-order valence-electron chi connectivity index (χ1n) is 26.8. The predicted octanol–water partition coefficient (Wildman–Crippen LogP) is 19.8. The zero-order chi connectivity index (χ0) is 51.1. The highest BCUT2D eigenvalue weighted by Gasteiger charge is 2.53. The van der Waals surface area contributed by atoms with Crippen molar-refractivity contribution in [2.45, 2.75) is 10.8 Å². The summed E-state index contributed by atoms with van der Waals surface area (Å²) in [5.41, 5.74) is 21.5. The van der Waals surface area contributed by atoms with Gasteiger partial charge in [-0.25, -0.2) is 0 Å². The SMILES string of the molecule is c1ccc2c(c1)Oc1ccccc1C21c2ccccc2-c2cc(-c3ccc(N(c4ccc(-c5cccc6sc7ccccc7c56)cc4)c4cccc5c4-c4ccccc4C54c5ccccc5Oc5ccccc54)cc3)ccc21. The minimum atomic E-state index is -0.603. The van der Waals surface area contributed by atoms with Crippen LogP contribution in [0.5, 0.6) is 23.0 Å². The Kier molecular flexibility index (Phi) is 9.14. The Morgan fingerprint density at radius 2 is 0.731 bits per heavy atom. The van der Waals surface area contributed by atoms with Crippen LogP contribution in [-0.4, -0.2) is 0 Å². The van der Waals surface area contributed by atoms with Gasteiger partial charge >= 0.3 is 0 Å². The van der Waals surface area contributed by atoms with Crippen LogP contribution in [0.4, 0.5) is 17.1 Å². The molecule has 1 aromatic heterocycles. The highest BCUT2D eigenvalue weighted by molar-refractivity contribution is 7.25. The lowest BCUT2D eigenvalue weighted by atomic mass is 9.66. The lowest BCUT2D eigenvalue weighted by Gasteiger charge is -2.39. The molecule has 0 saturated carbocycles. The monoisotopic (exact) mass is 1010 g/mol. The largest absolute Gasteiger partial charge is 0.457 e. The highest BCUT2D eigenvalue weighted by Crippen LogP contribution is 2.65. The van der Waals surface area contributed by atoms with E-state index in [0.29, 0.717) is 0 Å². The van der Waals surface area contributed by atoms with E-state index in [0.717, 1.165) is 56.8 Å². The first-order valence-corrected chi connectivity index (χ1v) is 27.6. The second kappa shape index (κ2) is 16.4. The van der Waals surface area contributed by atoms with Crippen molar-refractivity contribution in [2.24, 2.45) is 0 Å². The zero-order valence-electron chi connectivity index (χ0n) is 42.2. The third-order valence-corrected chi connectivity index (χ3v) is 18.4. The van der Waals surface area contributed by atoms with Crippen molar-refractivity contribution in [1.82, 2.24) is 0 Å². The van der Waals surface area contributed by atoms with Gasteiger partial charge in [0.05, 0.1) is 16.5 Å². The lowest BCUT2D eigenvalue weighted by molar-refractivity contribution is 0.436. The zero-order valence-corrected chi connectivity index (χ0v) is 43.0. The summed E-state index contributed by atoms with van der Waals surface area (Å²) in [7, 11) is 0. The molecule has 0 unspecified atom stereocenters. The van der Waals surface area contributed by atoms with Crippen LogP contribution in [0.25, 0.3) is 64.7 Å². The number of fused-ring (bicyclic) bond motifs is 21. The highest BCUT2D eigenvalue weighted by atomic mass is 32.1. The summed E-state index contributed by atoms with van der Waals surface area (Å²) in [6, 6.07) is 100. The number of nitrogens with zero attached hydrogens (tertiary/aromatic N) is 1. The van der Waals surface area contributed by atoms with Gasteiger partial charge in [-0.05, 0) is 134 Å². The van der Waals surface area contributed by atoms with Crippen molar-refractivity contribution in [3.63, 3.8) is 0 Å². The van der Waals surface area contributed by atoms with Crippen molar-refractivity contribution >= 4 is 48.6 Å². The number of hydrogen-bond donors (Lipinski definition) is 0. The normalized spacial score (nSPS) is 14.1. The van der Waals surface area contributed by atoms with Gasteiger partial charge in [0.15, 0.2) is 0 Å². The Labute approximate surface area is 456 Å². The number of anilines is 3. The van der Waals surface area contributed by atoms with Gasteiger partial charge in [0.25, 0.3) is 0 Å². The van der Waals surface area contributed by atoms with E-state index in [1.807, 2.05) is 11.3 Å². The van der Waals surface area contributed by atoms with Crippen LogP contribution in [0.1, 0.15) is 44.5 Å². The molecule has 2 spiro atoms. The molecule has 0 atom stereocenters. The number of para-hydroxylation sites is 4. The Balaban J connectivity index is 0.845. The molecule has 4 heteroatoms. The van der Waals surface area contributed by atoms with Gasteiger partial charge in [0.1, 0.15) is 23.0 Å². The fourth-order valence-electron chi connectivity index (χ4n) is 14.1. The molecular formula is C74H45NO2S. The first-order chi connectivity index (χ1) is 38.7. The van der Waals surface area contributed by atoms with E-state index in [-0.39, 0.29) is 0 Å². The van der Waals surface area contributed by atoms with E-state index in [1.165, 1.54) is 92.5 Å². The van der Waals surface area contributed by atoms with Crippen LogP contribution >= 0.6 is 11.3 Å². The third-order valence-electron chi connectivity index (χ3n) is 17.2. The van der Waals surface area contributed by atoms with Crippen LogP contribution in [0.2, 0.25) is 0 Å². The fourth-order valence-corrected chi connectivity index (χ4v) is 15.3. The summed E-state index contributed by atoms with van der Waals surface area (Å²) >= 11 is 1.86. The van der Waals surface area contributed by atoms with Gasteiger partial charge in [-0.1, -0.05) is 200 Å². The van der Waals surface area contributed by atoms with Crippen LogP contribution in [0.3, 0.4) is 0 Å². The summed E-state index contributed by atoms with van der Waals surface area (Å²) in [4.78, 5) is 2.47. The van der Waals surface area contributed by atoms with E-state index in [4.69, 9.17) is 9.47 Å². The third kappa shape index (κ3) is 5.82. The van der Waals surface area contributed by atoms with Crippen LogP contribution < -0.4 is 14.4 Å². The molecule has 78 heavy (non-hydrogen) atoms. The predicted molar refractivity (Wildman–Crippen MR) is 320 cm³/mol. The van der Waals surface area contributed by atoms with Crippen LogP contribution in [0.15, 0.2) is 273 Å². The second-order valence-corrected chi connectivity index (χ2v) is 22.0. The summed E-state index contributed by atoms with van der Waals surface area (Å²) in [6.07, 6.45) is 0. The van der Waals surface area contributed by atoms with Crippen molar-refractivity contribution in [2.75, 3.05) is 4.90 Å². The molecule has 0 radical (unpaired) electrons. The summed E-state index contributed by atoms with van der Waals surface area (Å²) < 4.78 is 16.0. The fraction of sp³-hybridized carbons (Fsp3) is 0.0270.